The van der Waals surface area contributed by atoms with Gasteiger partial charge in [-0.2, -0.15) is 0 Å². The van der Waals surface area contributed by atoms with E-state index in [-0.39, 0.29) is 6.42 Å². The van der Waals surface area contributed by atoms with Gasteiger partial charge in [0.25, 0.3) is 0 Å². The monoisotopic (exact) mass is 253 g/mol. The van der Waals surface area contributed by atoms with Crippen molar-refractivity contribution in [1.29, 1.82) is 0 Å². The average Bonchev–Trinajstić information content (AvgIpc) is 2.38. The van der Waals surface area contributed by atoms with E-state index in [1.807, 2.05) is 0 Å². The number of anilines is 1. The number of carbonyl (C=O) groups is 2. The molecule has 0 aliphatic heterocycles. The van der Waals surface area contributed by atoms with Crippen molar-refractivity contribution in [2.45, 2.75) is 12.5 Å². The van der Waals surface area contributed by atoms with E-state index >= 15 is 0 Å². The second-order valence-corrected chi connectivity index (χ2v) is 3.47. The highest BCUT2D eigenvalue weighted by molar-refractivity contribution is 5.93. The molecule has 18 heavy (non-hydrogen) atoms. The summed E-state index contributed by atoms with van der Waals surface area (Å²) in [4.78, 5) is 26.5. The zero-order valence-electron chi connectivity index (χ0n) is 10.2. The van der Waals surface area contributed by atoms with Crippen LogP contribution in [0.1, 0.15) is 6.42 Å². The minimum atomic E-state index is -0.978. The highest BCUT2D eigenvalue weighted by Gasteiger charge is 2.18. The molecule has 0 saturated carbocycles. The normalized spacial score (nSPS) is 11.5. The number of hydrogen-bond acceptors (Lipinski definition) is 6. The maximum atomic E-state index is 11.5. The first-order chi connectivity index (χ1) is 8.56. The number of nitrogens with two attached hydrogens (primary N) is 1. The van der Waals surface area contributed by atoms with Crippen molar-refractivity contribution in [2.75, 3.05) is 19.5 Å². The molecule has 1 atom stereocenters. The van der Waals surface area contributed by atoms with Crippen LogP contribution in [0.25, 0.3) is 0 Å². The maximum absolute atomic E-state index is 11.5. The van der Waals surface area contributed by atoms with E-state index in [4.69, 9.17) is 10.5 Å². The number of nitrogens with zero attached hydrogens (tertiary/aromatic N) is 1. The smallest absolute Gasteiger partial charge is 0.323 e. The van der Waals surface area contributed by atoms with E-state index in [9.17, 15) is 9.59 Å². The second kappa shape index (κ2) is 6.55. The van der Waals surface area contributed by atoms with Crippen molar-refractivity contribution >= 4 is 17.7 Å². The number of carbonyl (C=O) groups excluding carboxylic acids is 2. The molecule has 3 N–H and O–H groups in total. The van der Waals surface area contributed by atoms with Crippen LogP contribution in [0.2, 0.25) is 0 Å². The topological polar surface area (TPSA) is 104 Å². The van der Waals surface area contributed by atoms with E-state index in [1.165, 1.54) is 20.4 Å². The van der Waals surface area contributed by atoms with E-state index in [0.29, 0.717) is 11.6 Å². The van der Waals surface area contributed by atoms with Gasteiger partial charge in [0.05, 0.1) is 26.8 Å². The molecule has 1 aromatic heterocycles. The lowest BCUT2D eigenvalue weighted by Gasteiger charge is -2.09. The molecule has 1 heterocycles. The minimum absolute atomic E-state index is 0.166. The minimum Gasteiger partial charge on any atom is -0.495 e. The molecule has 0 radical (unpaired) electrons. The zero-order valence-corrected chi connectivity index (χ0v) is 10.2. The Morgan fingerprint density at radius 3 is 2.67 bits per heavy atom. The number of aromatic nitrogens is 1. The number of ether oxygens (including phenoxy) is 2. The van der Waals surface area contributed by atoms with Gasteiger partial charge in [-0.05, 0) is 12.1 Å². The molecule has 7 nitrogen and oxygen atoms in total. The number of rotatable bonds is 5. The van der Waals surface area contributed by atoms with Crippen LogP contribution in [-0.4, -0.2) is 37.1 Å². The molecule has 0 spiro atoms. The molecule has 0 aliphatic rings. The SMILES string of the molecule is COC(=O)C(N)CC(=O)Nc1ccc(OC)cn1. The molecule has 0 aromatic carbocycles. The molecule has 0 bridgehead atoms. The summed E-state index contributed by atoms with van der Waals surface area (Å²) in [7, 11) is 2.73. The summed E-state index contributed by atoms with van der Waals surface area (Å²) in [5.41, 5.74) is 5.45. The van der Waals surface area contributed by atoms with Crippen LogP contribution in [0.3, 0.4) is 0 Å². The average molecular weight is 253 g/mol. The van der Waals surface area contributed by atoms with Gasteiger partial charge in [-0.3, -0.25) is 9.59 Å². The second-order valence-electron chi connectivity index (χ2n) is 3.47. The summed E-state index contributed by atoms with van der Waals surface area (Å²) in [6, 6.07) is 2.26. The molecule has 0 saturated heterocycles. The number of nitrogens with one attached hydrogen (secondary N) is 1. The number of amides is 1. The van der Waals surface area contributed by atoms with Gasteiger partial charge in [-0.25, -0.2) is 4.98 Å². The summed E-state index contributed by atoms with van der Waals surface area (Å²) in [6.45, 7) is 0. The molecular formula is C11H15N3O4. The van der Waals surface area contributed by atoms with Gasteiger partial charge in [0, 0.05) is 0 Å². The van der Waals surface area contributed by atoms with Gasteiger partial charge < -0.3 is 20.5 Å². The predicted molar refractivity (Wildman–Crippen MR) is 64.0 cm³/mol. The Labute approximate surface area is 104 Å². The first-order valence-corrected chi connectivity index (χ1v) is 5.20. The molecule has 1 aromatic rings. The third-order valence-corrected chi connectivity index (χ3v) is 2.15. The fourth-order valence-corrected chi connectivity index (χ4v) is 1.20. The summed E-state index contributed by atoms with van der Waals surface area (Å²) >= 11 is 0. The summed E-state index contributed by atoms with van der Waals surface area (Å²) < 4.78 is 9.35. The fourth-order valence-electron chi connectivity index (χ4n) is 1.20. The van der Waals surface area contributed by atoms with Crippen molar-refractivity contribution in [3.8, 4) is 5.75 Å². The summed E-state index contributed by atoms with van der Waals surface area (Å²) in [5, 5.41) is 2.51. The Hall–Kier alpha value is -2.15. The van der Waals surface area contributed by atoms with E-state index in [2.05, 4.69) is 15.0 Å². The van der Waals surface area contributed by atoms with Crippen LogP contribution in [0.4, 0.5) is 5.82 Å². The molecule has 0 aliphatic carbocycles. The van der Waals surface area contributed by atoms with Gasteiger partial charge in [0.1, 0.15) is 17.6 Å². The van der Waals surface area contributed by atoms with Crippen molar-refractivity contribution in [2.24, 2.45) is 5.73 Å². The Morgan fingerprint density at radius 2 is 2.17 bits per heavy atom. The molecule has 98 valence electrons. The van der Waals surface area contributed by atoms with Crippen molar-refractivity contribution in [3.63, 3.8) is 0 Å². The predicted octanol–water partition coefficient (Wildman–Crippen LogP) is -0.0809. The summed E-state index contributed by atoms with van der Waals surface area (Å²) in [6.07, 6.45) is 1.30. The third kappa shape index (κ3) is 4.02. The number of pyridine rings is 1. The van der Waals surface area contributed by atoms with Gasteiger partial charge in [0.15, 0.2) is 0 Å². The lowest BCUT2D eigenvalue weighted by molar-refractivity contribution is -0.143. The summed E-state index contributed by atoms with van der Waals surface area (Å²) in [5.74, 6) is -0.101. The number of methoxy groups -OCH3 is 2. The third-order valence-electron chi connectivity index (χ3n) is 2.15. The lowest BCUT2D eigenvalue weighted by atomic mass is 10.2. The molecule has 7 heteroatoms. The molecule has 0 fully saturated rings. The molecular weight excluding hydrogens is 238 g/mol. The van der Waals surface area contributed by atoms with Crippen LogP contribution >= 0.6 is 0 Å². The molecule has 1 unspecified atom stereocenters. The first kappa shape index (κ1) is 13.9. The molecule has 1 rings (SSSR count). The van der Waals surface area contributed by atoms with Crippen LogP contribution in [-0.2, 0) is 14.3 Å². The molecule has 1 amide bonds. The Balaban J connectivity index is 2.51. The highest BCUT2D eigenvalue weighted by Crippen LogP contribution is 2.11. The van der Waals surface area contributed by atoms with E-state index < -0.39 is 17.9 Å². The van der Waals surface area contributed by atoms with Crippen molar-refractivity contribution in [3.05, 3.63) is 18.3 Å². The van der Waals surface area contributed by atoms with Crippen LogP contribution in [0.15, 0.2) is 18.3 Å². The van der Waals surface area contributed by atoms with Crippen LogP contribution in [0.5, 0.6) is 5.75 Å². The lowest BCUT2D eigenvalue weighted by Crippen LogP contribution is -2.35. The van der Waals surface area contributed by atoms with Gasteiger partial charge >= 0.3 is 5.97 Å². The van der Waals surface area contributed by atoms with Gasteiger partial charge in [-0.15, -0.1) is 0 Å². The fraction of sp³-hybridized carbons (Fsp3) is 0.364. The van der Waals surface area contributed by atoms with Gasteiger partial charge in [0.2, 0.25) is 5.91 Å². The zero-order chi connectivity index (χ0) is 13.5. The first-order valence-electron chi connectivity index (χ1n) is 5.20. The van der Waals surface area contributed by atoms with Crippen molar-refractivity contribution in [1.82, 2.24) is 4.98 Å². The number of hydrogen-bond donors (Lipinski definition) is 2. The maximum Gasteiger partial charge on any atom is 0.323 e. The Morgan fingerprint density at radius 1 is 1.44 bits per heavy atom. The Kier molecular flexibility index (Phi) is 5.06. The standard InChI is InChI=1S/C11H15N3O4/c1-17-7-3-4-9(13-6-7)14-10(15)5-8(12)11(16)18-2/h3-4,6,8H,5,12H2,1-2H3,(H,13,14,15). The van der Waals surface area contributed by atoms with E-state index in [0.717, 1.165) is 0 Å². The van der Waals surface area contributed by atoms with Crippen molar-refractivity contribution < 1.29 is 19.1 Å². The highest BCUT2D eigenvalue weighted by atomic mass is 16.5. The largest absolute Gasteiger partial charge is 0.495 e. The van der Waals surface area contributed by atoms with E-state index in [1.54, 1.807) is 12.1 Å². The quantitative estimate of drug-likeness (QED) is 0.711. The Bertz CT molecular complexity index is 419. The van der Waals surface area contributed by atoms with Crippen LogP contribution < -0.4 is 15.8 Å². The number of esters is 1. The van der Waals surface area contributed by atoms with Crippen LogP contribution in [0, 0.1) is 0 Å². The van der Waals surface area contributed by atoms with Gasteiger partial charge in [-0.1, -0.05) is 0 Å².